The van der Waals surface area contributed by atoms with Gasteiger partial charge in [-0.25, -0.2) is 4.98 Å². The molecule has 5 atom stereocenters. The molecule has 3 rings (SSSR count). The first-order chi connectivity index (χ1) is 21.1. The summed E-state index contributed by atoms with van der Waals surface area (Å²) in [4.78, 5) is 13.1. The maximum Gasteiger partial charge on any atom is 0.339 e. The summed E-state index contributed by atoms with van der Waals surface area (Å²) in [6.07, 6.45) is 9.33. The quantitative estimate of drug-likeness (QED) is 0.0695. The van der Waals surface area contributed by atoms with E-state index >= 15 is 0 Å². The molecule has 1 aliphatic heterocycles. The minimum Gasteiger partial charge on any atom is -0.388 e. The van der Waals surface area contributed by atoms with Gasteiger partial charge in [-0.1, -0.05) is 64.7 Å². The topological polar surface area (TPSA) is 167 Å². The second kappa shape index (κ2) is 18.3. The Labute approximate surface area is 265 Å². The first-order valence-corrected chi connectivity index (χ1v) is 19.8. The van der Waals surface area contributed by atoms with E-state index in [4.69, 9.17) is 29.9 Å². The number of aromatic nitrogens is 4. The SMILES string of the molecule is CCCCCCCCCCCCNc1nc(Cl)nc2c1ncn2[C@@H]1O[C@H](CCP(=O)(CP(=O)(OC)OC)OCC)C(O)C1O. The third-order valence-electron chi connectivity index (χ3n) is 7.89. The van der Waals surface area contributed by atoms with E-state index in [2.05, 4.69) is 27.2 Å². The number of halogens is 1. The van der Waals surface area contributed by atoms with Crippen LogP contribution in [0.2, 0.25) is 5.28 Å². The lowest BCUT2D eigenvalue weighted by Gasteiger charge is -2.23. The fourth-order valence-electron chi connectivity index (χ4n) is 5.41. The van der Waals surface area contributed by atoms with Gasteiger partial charge >= 0.3 is 7.60 Å². The molecule has 13 nitrogen and oxygen atoms in total. The summed E-state index contributed by atoms with van der Waals surface area (Å²) in [7, 11) is -4.67. The third kappa shape index (κ3) is 10.4. The normalized spacial score (nSPS) is 22.1. The fraction of sp³-hybridized carbons (Fsp3) is 0.821. The summed E-state index contributed by atoms with van der Waals surface area (Å²) < 4.78 is 49.1. The molecule has 0 bridgehead atoms. The summed E-state index contributed by atoms with van der Waals surface area (Å²) >= 11 is 6.26. The van der Waals surface area contributed by atoms with Crippen molar-refractivity contribution in [1.82, 2.24) is 19.5 Å². The lowest BCUT2D eigenvalue weighted by Crippen LogP contribution is -2.32. The Morgan fingerprint density at radius 3 is 2.23 bits per heavy atom. The number of rotatable bonds is 22. The van der Waals surface area contributed by atoms with Gasteiger partial charge in [0.05, 0.1) is 19.0 Å². The van der Waals surface area contributed by atoms with E-state index in [1.54, 1.807) is 6.92 Å². The monoisotopic (exact) mass is 681 g/mol. The van der Waals surface area contributed by atoms with Crippen LogP contribution < -0.4 is 5.32 Å². The second-order valence-corrected chi connectivity index (χ2v) is 16.9. The average Bonchev–Trinajstić information content (AvgIpc) is 3.54. The van der Waals surface area contributed by atoms with E-state index < -0.39 is 45.4 Å². The number of hydrogen-bond donors (Lipinski definition) is 3. The highest BCUT2D eigenvalue weighted by Crippen LogP contribution is 2.63. The maximum atomic E-state index is 13.5. The number of unbranched alkanes of at least 4 members (excludes halogenated alkanes) is 9. The van der Waals surface area contributed by atoms with Gasteiger partial charge in [-0.05, 0) is 31.4 Å². The van der Waals surface area contributed by atoms with Crippen molar-refractivity contribution >= 4 is 43.5 Å². The summed E-state index contributed by atoms with van der Waals surface area (Å²) in [6.45, 7) is 4.74. The van der Waals surface area contributed by atoms with Gasteiger partial charge in [0, 0.05) is 26.9 Å². The van der Waals surface area contributed by atoms with Crippen molar-refractivity contribution in [1.29, 1.82) is 0 Å². The van der Waals surface area contributed by atoms with Gasteiger partial charge in [-0.2, -0.15) is 9.97 Å². The Bertz CT molecular complexity index is 1250. The number of nitrogens with one attached hydrogen (secondary N) is 1. The molecule has 2 aromatic rings. The van der Waals surface area contributed by atoms with E-state index in [1.807, 2.05) is 0 Å². The molecule has 3 heterocycles. The van der Waals surface area contributed by atoms with Crippen LogP contribution in [0.5, 0.6) is 0 Å². The second-order valence-electron chi connectivity index (χ2n) is 11.2. The molecule has 1 saturated heterocycles. The lowest BCUT2D eigenvalue weighted by atomic mass is 10.1. The fourth-order valence-corrected chi connectivity index (χ4v) is 10.9. The highest BCUT2D eigenvalue weighted by atomic mass is 35.5. The van der Waals surface area contributed by atoms with Gasteiger partial charge in [0.25, 0.3) is 0 Å². The minimum atomic E-state index is -3.62. The molecule has 2 aromatic heterocycles. The predicted molar refractivity (Wildman–Crippen MR) is 172 cm³/mol. The molecule has 0 spiro atoms. The molecular weight excluding hydrogens is 632 g/mol. The Kier molecular flexibility index (Phi) is 15.5. The number of ether oxygens (including phenoxy) is 1. The zero-order chi connectivity index (χ0) is 32.2. The molecule has 3 unspecified atom stereocenters. The van der Waals surface area contributed by atoms with Gasteiger partial charge in [-0.3, -0.25) is 13.7 Å². The standard InChI is InChI=1S/C28H50ClN5O8P2/c1-5-7-8-9-10-11-12-13-14-15-17-30-25-22-26(33-28(29)32-25)34(19-31-22)27-24(36)23(35)21(42-27)16-18-43(37,41-6-2)20-44(38,39-3)40-4/h19,21,23-24,27,35-36H,5-18,20H2,1-4H3,(H,30,32,33)/t21-,23?,24?,27-,43?/m1/s1. The average molecular weight is 682 g/mol. The van der Waals surface area contributed by atoms with Crippen LogP contribution in [-0.4, -0.2) is 87.5 Å². The number of imidazole rings is 1. The van der Waals surface area contributed by atoms with E-state index in [0.717, 1.165) is 12.8 Å². The molecule has 0 aliphatic carbocycles. The number of aliphatic hydroxyl groups is 2. The number of nitrogens with zero attached hydrogens (tertiary/aromatic N) is 4. The summed E-state index contributed by atoms with van der Waals surface area (Å²) in [5.41, 5.74) is 0.805. The molecule has 16 heteroatoms. The number of aliphatic hydroxyl groups excluding tert-OH is 2. The molecule has 252 valence electrons. The molecule has 1 aliphatic rings. The Balaban J connectivity index is 1.59. The molecule has 0 saturated carbocycles. The van der Waals surface area contributed by atoms with Crippen LogP contribution in [0.4, 0.5) is 5.82 Å². The Hall–Kier alpha value is -1.14. The van der Waals surface area contributed by atoms with Crippen molar-refractivity contribution in [2.75, 3.05) is 44.8 Å². The molecule has 0 aromatic carbocycles. The zero-order valence-corrected chi connectivity index (χ0v) is 28.9. The van der Waals surface area contributed by atoms with Crippen LogP contribution in [0.15, 0.2) is 6.33 Å². The van der Waals surface area contributed by atoms with Crippen LogP contribution in [0.1, 0.15) is 90.7 Å². The third-order valence-corrected chi connectivity index (χ3v) is 14.0. The number of hydrogen-bond acceptors (Lipinski definition) is 12. The van der Waals surface area contributed by atoms with Crippen LogP contribution in [0.25, 0.3) is 11.2 Å². The largest absolute Gasteiger partial charge is 0.388 e. The highest BCUT2D eigenvalue weighted by Gasteiger charge is 2.46. The molecule has 44 heavy (non-hydrogen) atoms. The van der Waals surface area contributed by atoms with E-state index in [0.29, 0.717) is 23.5 Å². The summed E-state index contributed by atoms with van der Waals surface area (Å²) in [6, 6.07) is 0. The summed E-state index contributed by atoms with van der Waals surface area (Å²) in [5.74, 6) is 0.0733. The minimum absolute atomic E-state index is 0.00720. The van der Waals surface area contributed by atoms with Crippen molar-refractivity contribution in [3.8, 4) is 0 Å². The molecule has 3 N–H and O–H groups in total. The van der Waals surface area contributed by atoms with E-state index in [9.17, 15) is 19.3 Å². The Morgan fingerprint density at radius 2 is 1.61 bits per heavy atom. The van der Waals surface area contributed by atoms with E-state index in [1.165, 1.54) is 76.5 Å². The van der Waals surface area contributed by atoms with Crippen molar-refractivity contribution < 1.29 is 37.7 Å². The van der Waals surface area contributed by atoms with Gasteiger partial charge < -0.3 is 33.8 Å². The van der Waals surface area contributed by atoms with E-state index in [-0.39, 0.29) is 24.5 Å². The Morgan fingerprint density at radius 1 is 0.977 bits per heavy atom. The van der Waals surface area contributed by atoms with Crippen molar-refractivity contribution in [2.24, 2.45) is 0 Å². The van der Waals surface area contributed by atoms with Gasteiger partial charge in [0.1, 0.15) is 18.1 Å². The molecular formula is C28H50ClN5O8P2. The predicted octanol–water partition coefficient (Wildman–Crippen LogP) is 6.58. The van der Waals surface area contributed by atoms with Crippen LogP contribution >= 0.6 is 26.6 Å². The smallest absolute Gasteiger partial charge is 0.339 e. The van der Waals surface area contributed by atoms with Crippen molar-refractivity contribution in [2.45, 2.75) is 109 Å². The highest BCUT2D eigenvalue weighted by molar-refractivity contribution is 7.73. The zero-order valence-electron chi connectivity index (χ0n) is 26.4. The number of anilines is 1. The number of fused-ring (bicyclic) bond motifs is 1. The van der Waals surface area contributed by atoms with Gasteiger partial charge in [0.15, 0.2) is 23.2 Å². The van der Waals surface area contributed by atoms with Crippen LogP contribution in [-0.2, 0) is 27.4 Å². The van der Waals surface area contributed by atoms with Crippen molar-refractivity contribution in [3.05, 3.63) is 11.6 Å². The van der Waals surface area contributed by atoms with Crippen molar-refractivity contribution in [3.63, 3.8) is 0 Å². The molecule has 1 fully saturated rings. The maximum absolute atomic E-state index is 13.5. The first-order valence-electron chi connectivity index (χ1n) is 15.7. The first kappa shape index (κ1) is 37.3. The van der Waals surface area contributed by atoms with Gasteiger partial charge in [0.2, 0.25) is 12.7 Å². The molecule has 0 radical (unpaired) electrons. The summed E-state index contributed by atoms with van der Waals surface area (Å²) in [5, 5.41) is 25.0. The van der Waals surface area contributed by atoms with Gasteiger partial charge in [-0.15, -0.1) is 0 Å². The van der Waals surface area contributed by atoms with Crippen LogP contribution in [0, 0.1) is 0 Å². The van der Waals surface area contributed by atoms with Crippen LogP contribution in [0.3, 0.4) is 0 Å². The lowest BCUT2D eigenvalue weighted by molar-refractivity contribution is -0.0355. The molecule has 0 amide bonds.